The molecule has 0 aliphatic carbocycles. The van der Waals surface area contributed by atoms with Crippen LogP contribution in [0.5, 0.6) is 11.5 Å². The van der Waals surface area contributed by atoms with Crippen LogP contribution in [-0.4, -0.2) is 24.9 Å². The molecule has 0 radical (unpaired) electrons. The molecule has 0 saturated heterocycles. The maximum atomic E-state index is 7.39. The molecule has 0 saturated carbocycles. The standard InChI is InChI=1S/C50H30N6OS/c1-51-39-18-10-16-37(30-39)32-22-24-35(25-23-32)49-54-48(34-14-6-3-7-15-34)55-50(56-49)38-17-11-19-41(31-38)57-40-28-26-36(27-29-40)47-52-44(33-12-4-2-5-13-33)46-45(53-47)42-20-8-9-21-43(42)58-46/h2-31H. The fourth-order valence-corrected chi connectivity index (χ4v) is 8.09. The number of hydrogen-bond acceptors (Lipinski definition) is 7. The lowest BCUT2D eigenvalue weighted by Crippen LogP contribution is -2.00. The monoisotopic (exact) mass is 762 g/mol. The lowest BCUT2D eigenvalue weighted by Gasteiger charge is -2.11. The second kappa shape index (κ2) is 15.0. The van der Waals surface area contributed by atoms with Gasteiger partial charge in [0.2, 0.25) is 0 Å². The fourth-order valence-electron chi connectivity index (χ4n) is 6.94. The van der Waals surface area contributed by atoms with Crippen LogP contribution in [0.3, 0.4) is 0 Å². The number of hydrogen-bond donors (Lipinski definition) is 0. The second-order valence-electron chi connectivity index (χ2n) is 13.6. The minimum Gasteiger partial charge on any atom is -0.457 e. The Morgan fingerprint density at radius 3 is 1.69 bits per heavy atom. The molecule has 3 heterocycles. The summed E-state index contributed by atoms with van der Waals surface area (Å²) in [7, 11) is 0. The summed E-state index contributed by atoms with van der Waals surface area (Å²) in [4.78, 5) is 28.6. The highest BCUT2D eigenvalue weighted by molar-refractivity contribution is 7.26. The minimum atomic E-state index is 0.529. The average molecular weight is 763 g/mol. The van der Waals surface area contributed by atoms with E-state index in [4.69, 9.17) is 36.2 Å². The van der Waals surface area contributed by atoms with E-state index >= 15 is 0 Å². The zero-order valence-corrected chi connectivity index (χ0v) is 31.6. The molecule has 0 bridgehead atoms. The van der Waals surface area contributed by atoms with E-state index in [1.807, 2.05) is 146 Å². The van der Waals surface area contributed by atoms with Gasteiger partial charge in [-0.25, -0.2) is 29.8 Å². The van der Waals surface area contributed by atoms with Crippen LogP contribution < -0.4 is 4.74 Å². The van der Waals surface area contributed by atoms with E-state index in [0.717, 1.165) is 60.2 Å². The Kier molecular flexibility index (Phi) is 8.95. The first-order valence-electron chi connectivity index (χ1n) is 18.7. The first kappa shape index (κ1) is 34.6. The molecule has 272 valence electrons. The normalized spacial score (nSPS) is 11.1. The van der Waals surface area contributed by atoms with Crippen molar-refractivity contribution in [2.24, 2.45) is 0 Å². The molecule has 0 N–H and O–H groups in total. The molecule has 0 amide bonds. The highest BCUT2D eigenvalue weighted by Gasteiger charge is 2.17. The molecule has 10 aromatic rings. The predicted octanol–water partition coefficient (Wildman–Crippen LogP) is 13.4. The van der Waals surface area contributed by atoms with E-state index in [2.05, 4.69) is 41.2 Å². The van der Waals surface area contributed by atoms with Crippen molar-refractivity contribution in [1.82, 2.24) is 24.9 Å². The van der Waals surface area contributed by atoms with Gasteiger partial charge in [0.1, 0.15) is 11.5 Å². The number of aromatic nitrogens is 5. The molecule has 58 heavy (non-hydrogen) atoms. The van der Waals surface area contributed by atoms with Crippen LogP contribution in [0.4, 0.5) is 5.69 Å². The van der Waals surface area contributed by atoms with Crippen molar-refractivity contribution in [3.8, 4) is 79.4 Å². The zero-order chi connectivity index (χ0) is 38.8. The van der Waals surface area contributed by atoms with E-state index in [9.17, 15) is 0 Å². The van der Waals surface area contributed by atoms with Gasteiger partial charge in [-0.1, -0.05) is 133 Å². The summed E-state index contributed by atoms with van der Waals surface area (Å²) in [5.41, 5.74) is 8.96. The summed E-state index contributed by atoms with van der Waals surface area (Å²) in [6.07, 6.45) is 0. The summed E-state index contributed by atoms with van der Waals surface area (Å²) >= 11 is 1.72. The smallest absolute Gasteiger partial charge is 0.187 e. The lowest BCUT2D eigenvalue weighted by molar-refractivity contribution is 0.483. The van der Waals surface area contributed by atoms with Crippen molar-refractivity contribution in [2.45, 2.75) is 0 Å². The Balaban J connectivity index is 0.960. The first-order valence-corrected chi connectivity index (χ1v) is 19.5. The third kappa shape index (κ3) is 6.83. The van der Waals surface area contributed by atoms with Gasteiger partial charge in [0.05, 0.1) is 22.5 Å². The molecule has 0 unspecified atom stereocenters. The summed E-state index contributed by atoms with van der Waals surface area (Å²) in [6.45, 7) is 7.39. The van der Waals surface area contributed by atoms with Gasteiger partial charge in [-0.15, -0.1) is 11.3 Å². The Hall–Kier alpha value is -7.86. The van der Waals surface area contributed by atoms with Crippen molar-refractivity contribution < 1.29 is 4.74 Å². The van der Waals surface area contributed by atoms with Gasteiger partial charge in [-0.3, -0.25) is 0 Å². The van der Waals surface area contributed by atoms with Gasteiger partial charge in [-0.2, -0.15) is 0 Å². The van der Waals surface area contributed by atoms with Crippen LogP contribution >= 0.6 is 11.3 Å². The lowest BCUT2D eigenvalue weighted by atomic mass is 10.0. The van der Waals surface area contributed by atoms with E-state index in [0.29, 0.717) is 40.5 Å². The molecular weight excluding hydrogens is 733 g/mol. The molecule has 3 aromatic heterocycles. The van der Waals surface area contributed by atoms with Gasteiger partial charge >= 0.3 is 0 Å². The molecule has 8 heteroatoms. The van der Waals surface area contributed by atoms with Gasteiger partial charge in [0, 0.05) is 37.9 Å². The Bertz CT molecular complexity index is 3140. The van der Waals surface area contributed by atoms with Gasteiger partial charge in [0.25, 0.3) is 0 Å². The number of thiophene rings is 1. The topological polar surface area (TPSA) is 78.0 Å². The quantitative estimate of drug-likeness (QED) is 0.143. The maximum absolute atomic E-state index is 7.39. The van der Waals surface area contributed by atoms with Crippen LogP contribution in [0.2, 0.25) is 0 Å². The SMILES string of the molecule is [C-]#[N+]c1cccc(-c2ccc(-c3nc(-c4ccccc4)nc(-c4cccc(Oc5ccc(-c6nc(-c7ccccc7)c7sc8ccccc8c7n6)cc5)c4)n3)cc2)c1. The molecular formula is C50H30N6OS. The summed E-state index contributed by atoms with van der Waals surface area (Å²) < 4.78 is 8.68. The van der Waals surface area contributed by atoms with Crippen LogP contribution in [0, 0.1) is 6.57 Å². The molecule has 0 aliphatic heterocycles. The molecule has 0 aliphatic rings. The van der Waals surface area contributed by atoms with Crippen molar-refractivity contribution in [3.05, 3.63) is 193 Å². The Labute approximate surface area is 338 Å². The highest BCUT2D eigenvalue weighted by atomic mass is 32.1. The van der Waals surface area contributed by atoms with E-state index < -0.39 is 0 Å². The van der Waals surface area contributed by atoms with Crippen molar-refractivity contribution in [3.63, 3.8) is 0 Å². The maximum Gasteiger partial charge on any atom is 0.187 e. The number of rotatable bonds is 8. The molecule has 0 spiro atoms. The van der Waals surface area contributed by atoms with Crippen LogP contribution in [0.15, 0.2) is 182 Å². The van der Waals surface area contributed by atoms with Gasteiger partial charge in [0.15, 0.2) is 29.0 Å². The average Bonchev–Trinajstić information content (AvgIpc) is 3.68. The third-order valence-electron chi connectivity index (χ3n) is 9.83. The molecule has 7 nitrogen and oxygen atoms in total. The predicted molar refractivity (Wildman–Crippen MR) is 234 cm³/mol. The van der Waals surface area contributed by atoms with Crippen molar-refractivity contribution in [1.29, 1.82) is 0 Å². The Morgan fingerprint density at radius 2 is 0.966 bits per heavy atom. The Morgan fingerprint density at radius 1 is 0.414 bits per heavy atom. The number of nitrogens with zero attached hydrogens (tertiary/aromatic N) is 6. The largest absolute Gasteiger partial charge is 0.457 e. The number of fused-ring (bicyclic) bond motifs is 3. The van der Waals surface area contributed by atoms with E-state index in [1.54, 1.807) is 11.3 Å². The highest BCUT2D eigenvalue weighted by Crippen LogP contribution is 2.40. The van der Waals surface area contributed by atoms with Gasteiger partial charge in [-0.05, 0) is 59.7 Å². The molecule has 10 rings (SSSR count). The van der Waals surface area contributed by atoms with Crippen molar-refractivity contribution >= 4 is 37.3 Å². The van der Waals surface area contributed by atoms with Gasteiger partial charge < -0.3 is 4.74 Å². The first-order chi connectivity index (χ1) is 28.6. The summed E-state index contributed by atoms with van der Waals surface area (Å²) in [5.74, 6) is 3.64. The second-order valence-corrected chi connectivity index (χ2v) is 14.7. The fraction of sp³-hybridized carbons (Fsp3) is 0. The van der Waals surface area contributed by atoms with Crippen molar-refractivity contribution in [2.75, 3.05) is 0 Å². The molecule has 0 fully saturated rings. The molecule has 7 aromatic carbocycles. The van der Waals surface area contributed by atoms with Crippen LogP contribution in [-0.2, 0) is 0 Å². The number of benzene rings is 7. The van der Waals surface area contributed by atoms with E-state index in [1.165, 1.54) is 4.70 Å². The summed E-state index contributed by atoms with van der Waals surface area (Å²) in [5, 5.41) is 1.13. The zero-order valence-electron chi connectivity index (χ0n) is 30.8. The summed E-state index contributed by atoms with van der Waals surface area (Å²) in [6, 6.07) is 59.9. The minimum absolute atomic E-state index is 0.529. The van der Waals surface area contributed by atoms with E-state index in [-0.39, 0.29) is 0 Å². The van der Waals surface area contributed by atoms with Crippen LogP contribution in [0.1, 0.15) is 0 Å². The van der Waals surface area contributed by atoms with Crippen LogP contribution in [0.25, 0.3) is 93.1 Å². The number of ether oxygens (including phenoxy) is 1. The third-order valence-corrected chi connectivity index (χ3v) is 11.0. The molecule has 0 atom stereocenters.